The third-order valence-electron chi connectivity index (χ3n) is 4.22. The molecule has 6 nitrogen and oxygen atoms in total. The van der Waals surface area contributed by atoms with E-state index >= 15 is 0 Å². The van der Waals surface area contributed by atoms with Gasteiger partial charge in [-0.15, -0.1) is 0 Å². The minimum absolute atomic E-state index is 0.139. The first-order chi connectivity index (χ1) is 10.2. The highest BCUT2D eigenvalue weighted by Crippen LogP contribution is 1.90. The van der Waals surface area contributed by atoms with Crippen molar-refractivity contribution in [3.8, 4) is 0 Å². The predicted octanol–water partition coefficient (Wildman–Crippen LogP) is -2.18. The molecule has 2 rings (SSSR count). The molecule has 2 fully saturated rings. The van der Waals surface area contributed by atoms with Crippen molar-refractivity contribution < 1.29 is 28.9 Å². The van der Waals surface area contributed by atoms with Crippen molar-refractivity contribution in [2.75, 3.05) is 52.5 Å². The van der Waals surface area contributed by atoms with Gasteiger partial charge >= 0.3 is 11.9 Å². The first kappa shape index (κ1) is 16.2. The van der Waals surface area contributed by atoms with Gasteiger partial charge in [0.05, 0.1) is 39.4 Å². The number of ether oxygens (including phenoxy) is 2. The molecular formula is C15H28N2O4+2. The Labute approximate surface area is 126 Å². The second kappa shape index (κ2) is 9.00. The van der Waals surface area contributed by atoms with E-state index in [1.165, 1.54) is 35.5 Å². The van der Waals surface area contributed by atoms with Crippen molar-refractivity contribution in [1.82, 2.24) is 0 Å². The molecule has 0 aliphatic carbocycles. The molecule has 2 N–H and O–H groups in total. The Morgan fingerprint density at radius 2 is 1.10 bits per heavy atom. The summed E-state index contributed by atoms with van der Waals surface area (Å²) in [5, 5.41) is 0. The fourth-order valence-electron chi connectivity index (χ4n) is 3.04. The summed E-state index contributed by atoms with van der Waals surface area (Å²) in [6.07, 6.45) is 5.41. The van der Waals surface area contributed by atoms with Gasteiger partial charge in [0.1, 0.15) is 0 Å². The number of carbonyl (C=O) groups excluding carboxylic acids is 2. The average Bonchev–Trinajstić information content (AvgIpc) is 3.12. The summed E-state index contributed by atoms with van der Waals surface area (Å²) in [5.74, 6) is -0.278. The molecule has 0 spiro atoms. The Kier molecular flexibility index (Phi) is 6.95. The molecule has 0 aromatic rings. The van der Waals surface area contributed by atoms with Crippen LogP contribution in [0.2, 0.25) is 0 Å². The van der Waals surface area contributed by atoms with Crippen LogP contribution in [0, 0.1) is 0 Å². The zero-order chi connectivity index (χ0) is 14.9. The van der Waals surface area contributed by atoms with Gasteiger partial charge < -0.3 is 19.3 Å². The Hall–Kier alpha value is -1.14. The second-order valence-electron chi connectivity index (χ2n) is 6.06. The molecule has 0 radical (unpaired) electrons. The molecule has 0 atom stereocenters. The molecule has 120 valence electrons. The minimum atomic E-state index is -0.139. The number of hydrogen-bond acceptors (Lipinski definition) is 4. The van der Waals surface area contributed by atoms with Crippen LogP contribution in [0.1, 0.15) is 32.1 Å². The SMILES string of the molecule is O=C(C[NH+]1CCCC1)OCCCOC(=O)C[NH+]1CCCC1. The van der Waals surface area contributed by atoms with Crippen molar-refractivity contribution in [3.63, 3.8) is 0 Å². The number of quaternary nitrogens is 2. The maximum atomic E-state index is 11.6. The van der Waals surface area contributed by atoms with E-state index in [4.69, 9.17) is 9.47 Å². The van der Waals surface area contributed by atoms with Crippen LogP contribution in [0.25, 0.3) is 0 Å². The molecule has 0 amide bonds. The van der Waals surface area contributed by atoms with Gasteiger partial charge in [0.15, 0.2) is 13.1 Å². The standard InChI is InChI=1S/C15H26N2O4/c18-14(12-16-6-1-2-7-16)20-10-5-11-21-15(19)13-17-8-3-4-9-17/h1-13H2/p+2. The molecule has 0 saturated carbocycles. The van der Waals surface area contributed by atoms with E-state index in [2.05, 4.69) is 0 Å². The molecule has 0 aromatic carbocycles. The van der Waals surface area contributed by atoms with Crippen LogP contribution in [-0.2, 0) is 19.1 Å². The fraction of sp³-hybridized carbons (Fsp3) is 0.867. The minimum Gasteiger partial charge on any atom is -0.461 e. The normalized spacial score (nSPS) is 19.8. The van der Waals surface area contributed by atoms with Crippen molar-refractivity contribution in [2.24, 2.45) is 0 Å². The molecule has 21 heavy (non-hydrogen) atoms. The average molecular weight is 300 g/mol. The quantitative estimate of drug-likeness (QED) is 0.395. The molecule has 2 aliphatic heterocycles. The first-order valence-corrected chi connectivity index (χ1v) is 8.22. The second-order valence-corrected chi connectivity index (χ2v) is 6.06. The molecule has 2 heterocycles. The van der Waals surface area contributed by atoms with Crippen LogP contribution in [-0.4, -0.2) is 64.4 Å². The van der Waals surface area contributed by atoms with E-state index in [0.717, 1.165) is 26.2 Å². The summed E-state index contributed by atoms with van der Waals surface area (Å²) >= 11 is 0. The Morgan fingerprint density at radius 1 is 0.714 bits per heavy atom. The molecule has 0 bridgehead atoms. The number of carbonyl (C=O) groups is 2. The predicted molar refractivity (Wildman–Crippen MR) is 76.1 cm³/mol. The van der Waals surface area contributed by atoms with Gasteiger partial charge in [-0.25, -0.2) is 9.59 Å². The Bertz CT molecular complexity index is 305. The van der Waals surface area contributed by atoms with E-state index in [1.54, 1.807) is 0 Å². The maximum absolute atomic E-state index is 11.6. The van der Waals surface area contributed by atoms with E-state index in [-0.39, 0.29) is 11.9 Å². The van der Waals surface area contributed by atoms with Gasteiger partial charge in [0.25, 0.3) is 0 Å². The van der Waals surface area contributed by atoms with Crippen molar-refractivity contribution in [2.45, 2.75) is 32.1 Å². The number of hydrogen-bond donors (Lipinski definition) is 2. The highest BCUT2D eigenvalue weighted by molar-refractivity contribution is 5.70. The van der Waals surface area contributed by atoms with Crippen LogP contribution in [0.4, 0.5) is 0 Å². The lowest BCUT2D eigenvalue weighted by Gasteiger charge is -2.12. The largest absolute Gasteiger partial charge is 0.461 e. The van der Waals surface area contributed by atoms with Crippen LogP contribution in [0.5, 0.6) is 0 Å². The van der Waals surface area contributed by atoms with Crippen molar-refractivity contribution >= 4 is 11.9 Å². The monoisotopic (exact) mass is 300 g/mol. The highest BCUT2D eigenvalue weighted by Gasteiger charge is 2.20. The number of nitrogens with one attached hydrogen (secondary N) is 2. The van der Waals surface area contributed by atoms with Crippen LogP contribution in [0.3, 0.4) is 0 Å². The molecule has 6 heteroatoms. The van der Waals surface area contributed by atoms with Gasteiger partial charge in [-0.3, -0.25) is 0 Å². The Balaban J connectivity index is 1.43. The van der Waals surface area contributed by atoms with Crippen molar-refractivity contribution in [1.29, 1.82) is 0 Å². The topological polar surface area (TPSA) is 61.5 Å². The third-order valence-corrected chi connectivity index (χ3v) is 4.22. The number of likely N-dealkylation sites (tertiary alicyclic amines) is 2. The lowest BCUT2D eigenvalue weighted by Crippen LogP contribution is -3.11. The lowest BCUT2D eigenvalue weighted by molar-refractivity contribution is -0.879. The van der Waals surface area contributed by atoms with Crippen molar-refractivity contribution in [3.05, 3.63) is 0 Å². The summed E-state index contributed by atoms with van der Waals surface area (Å²) < 4.78 is 10.3. The lowest BCUT2D eigenvalue weighted by atomic mass is 10.4. The Morgan fingerprint density at radius 3 is 1.48 bits per heavy atom. The zero-order valence-electron chi connectivity index (χ0n) is 12.8. The summed E-state index contributed by atoms with van der Waals surface area (Å²) in [5.41, 5.74) is 0. The van der Waals surface area contributed by atoms with Gasteiger partial charge in [0.2, 0.25) is 0 Å². The van der Waals surface area contributed by atoms with E-state index in [1.807, 2.05) is 0 Å². The zero-order valence-corrected chi connectivity index (χ0v) is 12.8. The smallest absolute Gasteiger partial charge is 0.361 e. The third kappa shape index (κ3) is 6.44. The summed E-state index contributed by atoms with van der Waals surface area (Å²) in [6.45, 7) is 5.93. The number of esters is 2. The number of rotatable bonds is 8. The molecule has 0 unspecified atom stereocenters. The summed E-state index contributed by atoms with van der Waals surface area (Å²) in [7, 11) is 0. The van der Waals surface area contributed by atoms with Gasteiger partial charge in [-0.05, 0) is 0 Å². The molecule has 2 saturated heterocycles. The van der Waals surface area contributed by atoms with Gasteiger partial charge in [-0.1, -0.05) is 0 Å². The van der Waals surface area contributed by atoms with E-state index < -0.39 is 0 Å². The van der Waals surface area contributed by atoms with E-state index in [9.17, 15) is 9.59 Å². The van der Waals surface area contributed by atoms with Crippen LogP contribution in [0.15, 0.2) is 0 Å². The van der Waals surface area contributed by atoms with Gasteiger partial charge in [0, 0.05) is 32.1 Å². The molecular weight excluding hydrogens is 272 g/mol. The fourth-order valence-corrected chi connectivity index (χ4v) is 3.04. The first-order valence-electron chi connectivity index (χ1n) is 8.22. The summed E-state index contributed by atoms with van der Waals surface area (Å²) in [6, 6.07) is 0. The molecule has 0 aromatic heterocycles. The van der Waals surface area contributed by atoms with E-state index in [0.29, 0.717) is 32.7 Å². The molecule has 2 aliphatic rings. The highest BCUT2D eigenvalue weighted by atomic mass is 16.5. The van der Waals surface area contributed by atoms with Gasteiger partial charge in [-0.2, -0.15) is 0 Å². The summed E-state index contributed by atoms with van der Waals surface area (Å²) in [4.78, 5) is 25.8. The van der Waals surface area contributed by atoms with Crippen LogP contribution < -0.4 is 9.80 Å². The van der Waals surface area contributed by atoms with Crippen LogP contribution >= 0.6 is 0 Å². The maximum Gasteiger partial charge on any atom is 0.361 e.